The lowest BCUT2D eigenvalue weighted by atomic mass is 10.0. The Balaban J connectivity index is 3.95. The Hall–Kier alpha value is -1.59. The molecule has 0 aliphatic carbocycles. The zero-order chi connectivity index (χ0) is 48.6. The summed E-state index contributed by atoms with van der Waals surface area (Å²) in [6.45, 7) is 6.63. The molecule has 0 saturated carbocycles. The van der Waals surface area contributed by atoms with Crippen LogP contribution in [0.4, 0.5) is 0 Å². The molecule has 0 aromatic carbocycles. The summed E-state index contributed by atoms with van der Waals surface area (Å²) in [5, 5.41) is 0. The predicted molar refractivity (Wildman–Crippen MR) is 289 cm³/mol. The first-order valence-corrected chi connectivity index (χ1v) is 30.5. The normalized spacial score (nSPS) is 11.9. The lowest BCUT2D eigenvalue weighted by Gasteiger charge is -2.18. The molecule has 0 N–H and O–H groups in total. The number of ether oxygens (including phenoxy) is 3. The van der Waals surface area contributed by atoms with Gasteiger partial charge < -0.3 is 14.2 Å². The molecule has 0 heterocycles. The molecular formula is C61H118O6. The van der Waals surface area contributed by atoms with Crippen molar-refractivity contribution in [2.45, 2.75) is 361 Å². The van der Waals surface area contributed by atoms with Gasteiger partial charge in [-0.1, -0.05) is 316 Å². The van der Waals surface area contributed by atoms with Gasteiger partial charge in [0.05, 0.1) is 0 Å². The van der Waals surface area contributed by atoms with Crippen LogP contribution >= 0.6 is 0 Å². The van der Waals surface area contributed by atoms with Crippen LogP contribution in [0.25, 0.3) is 0 Å². The van der Waals surface area contributed by atoms with E-state index in [1.807, 2.05) is 0 Å². The van der Waals surface area contributed by atoms with E-state index in [1.54, 1.807) is 0 Å². The van der Waals surface area contributed by atoms with Gasteiger partial charge in [-0.15, -0.1) is 0 Å². The molecule has 67 heavy (non-hydrogen) atoms. The summed E-state index contributed by atoms with van der Waals surface area (Å²) in [4.78, 5) is 37.8. The molecule has 6 heteroatoms. The van der Waals surface area contributed by atoms with Gasteiger partial charge in [0.2, 0.25) is 0 Å². The topological polar surface area (TPSA) is 78.9 Å². The first-order valence-electron chi connectivity index (χ1n) is 30.5. The maximum atomic E-state index is 12.8. The summed E-state index contributed by atoms with van der Waals surface area (Å²) in [6.07, 6.45) is 64.5. The van der Waals surface area contributed by atoms with Crippen molar-refractivity contribution in [3.05, 3.63) is 0 Å². The Morgan fingerprint density at radius 1 is 0.239 bits per heavy atom. The monoisotopic (exact) mass is 947 g/mol. The van der Waals surface area contributed by atoms with E-state index in [1.165, 1.54) is 250 Å². The number of hydrogen-bond donors (Lipinski definition) is 0. The molecule has 0 radical (unpaired) electrons. The summed E-state index contributed by atoms with van der Waals surface area (Å²) >= 11 is 0. The summed E-state index contributed by atoms with van der Waals surface area (Å²) < 4.78 is 16.8. The summed E-state index contributed by atoms with van der Waals surface area (Å²) in [7, 11) is 0. The lowest BCUT2D eigenvalue weighted by Crippen LogP contribution is -2.30. The van der Waals surface area contributed by atoms with Gasteiger partial charge in [0.15, 0.2) is 6.10 Å². The molecule has 398 valence electrons. The van der Waals surface area contributed by atoms with E-state index in [2.05, 4.69) is 20.8 Å². The highest BCUT2D eigenvalue weighted by Crippen LogP contribution is 2.18. The van der Waals surface area contributed by atoms with Gasteiger partial charge >= 0.3 is 17.9 Å². The molecule has 0 amide bonds. The van der Waals surface area contributed by atoms with E-state index in [0.29, 0.717) is 19.3 Å². The first kappa shape index (κ1) is 65.4. The van der Waals surface area contributed by atoms with Crippen LogP contribution in [0.15, 0.2) is 0 Å². The molecule has 0 aliphatic rings. The van der Waals surface area contributed by atoms with Crippen LogP contribution in [0.1, 0.15) is 355 Å². The Kier molecular flexibility index (Phi) is 55.6. The molecule has 0 aromatic heterocycles. The van der Waals surface area contributed by atoms with Crippen molar-refractivity contribution in [3.63, 3.8) is 0 Å². The van der Waals surface area contributed by atoms with Crippen molar-refractivity contribution in [1.82, 2.24) is 0 Å². The average Bonchev–Trinajstić information content (AvgIpc) is 3.33. The molecule has 1 unspecified atom stereocenters. The predicted octanol–water partition coefficient (Wildman–Crippen LogP) is 20.3. The number of carbonyl (C=O) groups is 3. The van der Waals surface area contributed by atoms with Crippen molar-refractivity contribution >= 4 is 17.9 Å². The van der Waals surface area contributed by atoms with Crippen LogP contribution in [0.3, 0.4) is 0 Å². The largest absolute Gasteiger partial charge is 0.462 e. The fourth-order valence-corrected chi connectivity index (χ4v) is 9.51. The third-order valence-electron chi connectivity index (χ3n) is 14.1. The Labute approximate surface area is 418 Å². The second kappa shape index (κ2) is 57.0. The summed E-state index contributed by atoms with van der Waals surface area (Å²) in [5.41, 5.74) is 0. The van der Waals surface area contributed by atoms with Crippen LogP contribution < -0.4 is 0 Å². The van der Waals surface area contributed by atoms with Crippen LogP contribution in [0.5, 0.6) is 0 Å². The first-order chi connectivity index (χ1) is 33.0. The number of unbranched alkanes of at least 4 members (excludes halogenated alkanes) is 46. The molecule has 0 fully saturated rings. The zero-order valence-electron chi connectivity index (χ0n) is 45.7. The maximum absolute atomic E-state index is 12.8. The summed E-state index contributed by atoms with van der Waals surface area (Å²) in [6, 6.07) is 0. The highest BCUT2D eigenvalue weighted by atomic mass is 16.6. The highest BCUT2D eigenvalue weighted by molar-refractivity contribution is 5.71. The third kappa shape index (κ3) is 55.2. The van der Waals surface area contributed by atoms with E-state index >= 15 is 0 Å². The van der Waals surface area contributed by atoms with Crippen LogP contribution in [-0.2, 0) is 28.6 Å². The quantitative estimate of drug-likeness (QED) is 0.0343. The van der Waals surface area contributed by atoms with E-state index < -0.39 is 6.10 Å². The maximum Gasteiger partial charge on any atom is 0.306 e. The van der Waals surface area contributed by atoms with Crippen LogP contribution in [0, 0.1) is 0 Å². The zero-order valence-corrected chi connectivity index (χ0v) is 45.7. The molecular weight excluding hydrogens is 829 g/mol. The smallest absolute Gasteiger partial charge is 0.306 e. The minimum absolute atomic E-state index is 0.0625. The fourth-order valence-electron chi connectivity index (χ4n) is 9.51. The van der Waals surface area contributed by atoms with E-state index in [9.17, 15) is 14.4 Å². The molecule has 0 spiro atoms. The van der Waals surface area contributed by atoms with Gasteiger partial charge in [0.25, 0.3) is 0 Å². The standard InChI is InChI=1S/C61H118O6/c1-4-7-10-13-15-17-19-21-23-25-27-28-29-30-31-32-33-34-36-37-39-41-43-45-48-51-54-60(63)66-57-58(56-65-59(62)53-50-47-12-9-6-3)67-61(64)55-52-49-46-44-42-40-38-35-26-24-22-20-18-16-14-11-8-5-2/h58H,4-57H2,1-3H3. The molecule has 0 saturated heterocycles. The number of esters is 3. The van der Waals surface area contributed by atoms with Gasteiger partial charge in [-0.25, -0.2) is 0 Å². The minimum Gasteiger partial charge on any atom is -0.462 e. The highest BCUT2D eigenvalue weighted by Gasteiger charge is 2.19. The van der Waals surface area contributed by atoms with E-state index in [-0.39, 0.29) is 31.1 Å². The number of carbonyl (C=O) groups excluding carboxylic acids is 3. The van der Waals surface area contributed by atoms with Crippen molar-refractivity contribution in [1.29, 1.82) is 0 Å². The van der Waals surface area contributed by atoms with Gasteiger partial charge in [0.1, 0.15) is 13.2 Å². The second-order valence-electron chi connectivity index (χ2n) is 21.0. The lowest BCUT2D eigenvalue weighted by molar-refractivity contribution is -0.167. The SMILES string of the molecule is CCCCCCCCCCCCCCCCCCCCCCCCCCCCC(=O)OCC(COC(=O)CCCCCCC)OC(=O)CCCCCCCCCCCCCCCCCCCC. The van der Waals surface area contributed by atoms with Gasteiger partial charge in [-0.3, -0.25) is 14.4 Å². The summed E-state index contributed by atoms with van der Waals surface area (Å²) in [5.74, 6) is -0.849. The van der Waals surface area contributed by atoms with Crippen LogP contribution in [0.2, 0.25) is 0 Å². The Bertz CT molecular complexity index is 998. The number of rotatable bonds is 57. The third-order valence-corrected chi connectivity index (χ3v) is 14.1. The molecule has 0 aliphatic heterocycles. The molecule has 0 bridgehead atoms. The minimum atomic E-state index is -0.759. The van der Waals surface area contributed by atoms with Crippen molar-refractivity contribution in [3.8, 4) is 0 Å². The van der Waals surface area contributed by atoms with Gasteiger partial charge in [-0.05, 0) is 19.3 Å². The van der Waals surface area contributed by atoms with Crippen molar-refractivity contribution in [2.24, 2.45) is 0 Å². The average molecular weight is 948 g/mol. The Morgan fingerprint density at radius 3 is 0.597 bits per heavy atom. The van der Waals surface area contributed by atoms with E-state index in [4.69, 9.17) is 14.2 Å². The Morgan fingerprint density at radius 2 is 0.403 bits per heavy atom. The molecule has 1 atom stereocenters. The van der Waals surface area contributed by atoms with Gasteiger partial charge in [-0.2, -0.15) is 0 Å². The molecule has 0 rings (SSSR count). The molecule has 6 nitrogen and oxygen atoms in total. The van der Waals surface area contributed by atoms with E-state index in [0.717, 1.165) is 64.2 Å². The van der Waals surface area contributed by atoms with Crippen molar-refractivity contribution < 1.29 is 28.6 Å². The van der Waals surface area contributed by atoms with Crippen LogP contribution in [-0.4, -0.2) is 37.2 Å². The van der Waals surface area contributed by atoms with Crippen molar-refractivity contribution in [2.75, 3.05) is 13.2 Å². The molecule has 0 aromatic rings. The second-order valence-corrected chi connectivity index (χ2v) is 21.0. The fraction of sp³-hybridized carbons (Fsp3) is 0.951. The van der Waals surface area contributed by atoms with Gasteiger partial charge in [0, 0.05) is 19.3 Å². The number of hydrogen-bond acceptors (Lipinski definition) is 6.